The minimum atomic E-state index is -1.39. The van der Waals surface area contributed by atoms with Crippen LogP contribution in [0.2, 0.25) is 0 Å². The molecule has 0 aromatic carbocycles. The average Bonchev–Trinajstić information content (AvgIpc) is 2.77. The molecule has 202 valence electrons. The Labute approximate surface area is 215 Å². The summed E-state index contributed by atoms with van der Waals surface area (Å²) < 4.78 is 0. The minimum Gasteiger partial charge on any atom is -0.481 e. The van der Waals surface area contributed by atoms with Crippen molar-refractivity contribution in [3.8, 4) is 0 Å². The van der Waals surface area contributed by atoms with Crippen LogP contribution in [0.5, 0.6) is 0 Å². The fraction of sp³-hybridized carbons (Fsp3) is 0.867. The molecule has 0 aromatic heterocycles. The summed E-state index contributed by atoms with van der Waals surface area (Å²) in [4.78, 5) is 25.3. The van der Waals surface area contributed by atoms with E-state index in [4.69, 9.17) is 0 Å². The summed E-state index contributed by atoms with van der Waals surface area (Å²) in [5.74, 6) is -1.71. The molecule has 0 radical (unpaired) electrons. The maximum absolute atomic E-state index is 12.8. The zero-order chi connectivity index (χ0) is 26.7. The van der Waals surface area contributed by atoms with Gasteiger partial charge in [0.15, 0.2) is 0 Å². The van der Waals surface area contributed by atoms with Crippen LogP contribution in [0.4, 0.5) is 0 Å². The SMILES string of the molecule is CC1(C)CC[C@@]2(C(=O)O)CCC3(C)C(=CCC4[C@]5(C)C[C@@H](O)[C@@H](O)[C@@](C)(C(=O)O)[C@H]5CC[C@@]43C)[C@@H]2C1. The monoisotopic (exact) mass is 502 g/mol. The van der Waals surface area contributed by atoms with Crippen LogP contribution in [0.1, 0.15) is 99.3 Å². The zero-order valence-electron chi connectivity index (χ0n) is 22.9. The number of carboxylic acids is 2. The summed E-state index contributed by atoms with van der Waals surface area (Å²) in [7, 11) is 0. The third kappa shape index (κ3) is 2.98. The number of hydrogen-bond donors (Lipinski definition) is 4. The maximum atomic E-state index is 12.8. The number of carboxylic acid groups (broad SMARTS) is 2. The van der Waals surface area contributed by atoms with E-state index in [0.29, 0.717) is 19.3 Å². The molecule has 0 heterocycles. The second-order valence-corrected chi connectivity index (χ2v) is 15.0. The van der Waals surface area contributed by atoms with Crippen molar-refractivity contribution in [1.82, 2.24) is 0 Å². The Kier molecular flexibility index (Phi) is 5.53. The number of aliphatic carboxylic acids is 2. The van der Waals surface area contributed by atoms with Crippen LogP contribution in [0.25, 0.3) is 0 Å². The number of aliphatic hydroxyl groups is 2. The van der Waals surface area contributed by atoms with Crippen molar-refractivity contribution >= 4 is 11.9 Å². The third-order valence-corrected chi connectivity index (χ3v) is 13.1. The molecule has 0 saturated heterocycles. The number of aliphatic hydroxyl groups excluding tert-OH is 2. The van der Waals surface area contributed by atoms with Gasteiger partial charge in [-0.3, -0.25) is 9.59 Å². The standard InChI is InChI=1S/C30H46O6/c1-25(2)11-13-30(24(35)36)14-12-27(4)17(18(30)15-25)7-8-20-26(3)16-19(31)22(32)29(6,23(33)34)21(26)9-10-28(20,27)5/h7,18-22,31-32H,8-16H2,1-6H3,(H,33,34)(H,35,36)/t18-,19+,20?,21-,22+,26-,27?,28-,29-,30+/m0/s1. The second-order valence-electron chi connectivity index (χ2n) is 15.0. The molecule has 2 unspecified atom stereocenters. The highest BCUT2D eigenvalue weighted by Crippen LogP contribution is 2.75. The molecule has 0 bridgehead atoms. The van der Waals surface area contributed by atoms with E-state index in [2.05, 4.69) is 40.7 Å². The lowest BCUT2D eigenvalue weighted by Crippen LogP contribution is -2.68. The van der Waals surface area contributed by atoms with Gasteiger partial charge in [-0.05, 0) is 104 Å². The van der Waals surface area contributed by atoms with E-state index in [-0.39, 0.29) is 34.0 Å². The molecule has 4 fully saturated rings. The number of hydrogen-bond acceptors (Lipinski definition) is 4. The van der Waals surface area contributed by atoms with E-state index >= 15 is 0 Å². The normalized spacial score (nSPS) is 53.7. The Morgan fingerprint density at radius 1 is 0.833 bits per heavy atom. The van der Waals surface area contributed by atoms with Crippen LogP contribution >= 0.6 is 0 Å². The fourth-order valence-electron chi connectivity index (χ4n) is 10.7. The van der Waals surface area contributed by atoms with E-state index in [1.54, 1.807) is 6.92 Å². The van der Waals surface area contributed by atoms with E-state index in [1.165, 1.54) is 5.57 Å². The lowest BCUT2D eigenvalue weighted by atomic mass is 9.33. The number of carbonyl (C=O) groups is 2. The topological polar surface area (TPSA) is 115 Å². The highest BCUT2D eigenvalue weighted by molar-refractivity contribution is 5.77. The zero-order valence-corrected chi connectivity index (χ0v) is 22.9. The molecule has 4 N–H and O–H groups in total. The van der Waals surface area contributed by atoms with Gasteiger partial charge in [-0.25, -0.2) is 0 Å². The Morgan fingerprint density at radius 3 is 2.08 bits per heavy atom. The number of allylic oxidation sites excluding steroid dienone is 2. The Bertz CT molecular complexity index is 1020. The summed E-state index contributed by atoms with van der Waals surface area (Å²) in [5, 5.41) is 42.6. The molecule has 4 saturated carbocycles. The van der Waals surface area contributed by atoms with Crippen LogP contribution in [0, 0.1) is 50.2 Å². The molecule has 0 aliphatic heterocycles. The van der Waals surface area contributed by atoms with Gasteiger partial charge in [0.25, 0.3) is 0 Å². The van der Waals surface area contributed by atoms with Crippen LogP contribution in [-0.4, -0.2) is 44.6 Å². The van der Waals surface area contributed by atoms with E-state index < -0.39 is 40.4 Å². The van der Waals surface area contributed by atoms with Crippen molar-refractivity contribution in [2.75, 3.05) is 0 Å². The maximum Gasteiger partial charge on any atom is 0.312 e. The fourth-order valence-corrected chi connectivity index (χ4v) is 10.7. The van der Waals surface area contributed by atoms with Gasteiger partial charge >= 0.3 is 11.9 Å². The number of rotatable bonds is 2. The lowest BCUT2D eigenvalue weighted by Gasteiger charge is -2.71. The van der Waals surface area contributed by atoms with E-state index in [9.17, 15) is 30.0 Å². The van der Waals surface area contributed by atoms with E-state index in [1.807, 2.05) is 0 Å². The first-order valence-corrected chi connectivity index (χ1v) is 14.0. The van der Waals surface area contributed by atoms with Crippen LogP contribution in [0.3, 0.4) is 0 Å². The van der Waals surface area contributed by atoms with Gasteiger partial charge < -0.3 is 20.4 Å². The predicted octanol–water partition coefficient (Wildman–Crippen LogP) is 5.27. The largest absolute Gasteiger partial charge is 0.481 e. The van der Waals surface area contributed by atoms with Gasteiger partial charge in [-0.15, -0.1) is 0 Å². The van der Waals surface area contributed by atoms with Crippen molar-refractivity contribution in [2.45, 2.75) is 112 Å². The molecular formula is C30H46O6. The molecule has 0 amide bonds. The first kappa shape index (κ1) is 26.2. The molecule has 10 atom stereocenters. The van der Waals surface area contributed by atoms with Crippen LogP contribution in [0.15, 0.2) is 11.6 Å². The van der Waals surface area contributed by atoms with Gasteiger partial charge in [0.1, 0.15) is 0 Å². The van der Waals surface area contributed by atoms with Gasteiger partial charge in [-0.1, -0.05) is 46.3 Å². The lowest BCUT2D eigenvalue weighted by molar-refractivity contribution is -0.239. The van der Waals surface area contributed by atoms with Gasteiger partial charge in [-0.2, -0.15) is 0 Å². The first-order chi connectivity index (χ1) is 16.5. The van der Waals surface area contributed by atoms with Gasteiger partial charge in [0.2, 0.25) is 0 Å². The quantitative estimate of drug-likeness (QED) is 0.383. The molecule has 6 nitrogen and oxygen atoms in total. The summed E-state index contributed by atoms with van der Waals surface area (Å²) in [6.45, 7) is 13.0. The molecule has 5 aliphatic rings. The minimum absolute atomic E-state index is 0.0314. The summed E-state index contributed by atoms with van der Waals surface area (Å²) >= 11 is 0. The number of fused-ring (bicyclic) bond motifs is 7. The van der Waals surface area contributed by atoms with Crippen LogP contribution < -0.4 is 0 Å². The van der Waals surface area contributed by atoms with Crippen molar-refractivity contribution in [3.05, 3.63) is 11.6 Å². The Morgan fingerprint density at radius 2 is 1.47 bits per heavy atom. The summed E-state index contributed by atoms with van der Waals surface area (Å²) in [5.41, 5.74) is -1.36. The third-order valence-electron chi connectivity index (χ3n) is 13.1. The molecule has 5 rings (SSSR count). The van der Waals surface area contributed by atoms with Crippen molar-refractivity contribution in [3.63, 3.8) is 0 Å². The highest BCUT2D eigenvalue weighted by atomic mass is 16.4. The smallest absolute Gasteiger partial charge is 0.312 e. The van der Waals surface area contributed by atoms with E-state index in [0.717, 1.165) is 38.5 Å². The molecule has 0 spiro atoms. The van der Waals surface area contributed by atoms with Crippen molar-refractivity contribution in [2.24, 2.45) is 50.2 Å². The Balaban J connectivity index is 1.62. The molecule has 36 heavy (non-hydrogen) atoms. The average molecular weight is 503 g/mol. The summed E-state index contributed by atoms with van der Waals surface area (Å²) in [6.07, 6.45) is 6.80. The van der Waals surface area contributed by atoms with Crippen molar-refractivity contribution in [1.29, 1.82) is 0 Å². The van der Waals surface area contributed by atoms with Crippen molar-refractivity contribution < 1.29 is 30.0 Å². The Hall–Kier alpha value is -1.40. The van der Waals surface area contributed by atoms with Gasteiger partial charge in [0, 0.05) is 0 Å². The molecule has 5 aliphatic carbocycles. The molecule has 0 aromatic rings. The second kappa shape index (κ2) is 7.59. The molecular weight excluding hydrogens is 456 g/mol. The summed E-state index contributed by atoms with van der Waals surface area (Å²) in [6, 6.07) is 0. The van der Waals surface area contributed by atoms with Crippen LogP contribution in [-0.2, 0) is 9.59 Å². The first-order valence-electron chi connectivity index (χ1n) is 14.0. The predicted molar refractivity (Wildman–Crippen MR) is 136 cm³/mol. The van der Waals surface area contributed by atoms with Gasteiger partial charge in [0.05, 0.1) is 23.0 Å². The molecule has 6 heteroatoms. The highest BCUT2D eigenvalue weighted by Gasteiger charge is 2.71.